The molecule has 1 fully saturated rings. The Morgan fingerprint density at radius 3 is 2.38 bits per heavy atom. The maximum Gasteiger partial charge on any atom is 0.407 e. The van der Waals surface area contributed by atoms with Crippen molar-refractivity contribution in [2.24, 2.45) is 5.92 Å². The number of benzene rings is 1. The summed E-state index contributed by atoms with van der Waals surface area (Å²) in [4.78, 5) is 35.1. The third kappa shape index (κ3) is 6.72. The van der Waals surface area contributed by atoms with Gasteiger partial charge in [0.2, 0.25) is 5.91 Å². The molecule has 8 heteroatoms. The van der Waals surface area contributed by atoms with Gasteiger partial charge in [-0.1, -0.05) is 30.3 Å². The molecular weight excluding hydrogens is 338 g/mol. The monoisotopic (exact) mass is 363 g/mol. The molecule has 0 heterocycles. The number of methoxy groups -OCH3 is 1. The molecule has 1 aromatic rings. The second-order valence-corrected chi connectivity index (χ2v) is 6.23. The molecule has 2 rings (SSSR count). The van der Waals surface area contributed by atoms with Gasteiger partial charge in [0.25, 0.3) is 5.91 Å². The lowest BCUT2D eigenvalue weighted by Gasteiger charge is -2.28. The summed E-state index contributed by atoms with van der Waals surface area (Å²) in [5, 5.41) is 2.84. The van der Waals surface area contributed by atoms with Crippen LogP contribution in [0.1, 0.15) is 31.2 Å². The van der Waals surface area contributed by atoms with Gasteiger partial charge >= 0.3 is 6.09 Å². The van der Waals surface area contributed by atoms with Crippen LogP contribution in [0.25, 0.3) is 0 Å². The number of hydrazine groups is 1. The van der Waals surface area contributed by atoms with E-state index in [1.54, 1.807) is 0 Å². The highest BCUT2D eigenvalue weighted by atomic mass is 16.5. The van der Waals surface area contributed by atoms with Crippen LogP contribution in [0.2, 0.25) is 0 Å². The van der Waals surface area contributed by atoms with Gasteiger partial charge in [0.15, 0.2) is 0 Å². The van der Waals surface area contributed by atoms with Gasteiger partial charge in [0, 0.05) is 19.1 Å². The minimum absolute atomic E-state index is 0.00888. The number of amides is 3. The molecule has 1 aliphatic rings. The average molecular weight is 363 g/mol. The summed E-state index contributed by atoms with van der Waals surface area (Å²) >= 11 is 0. The first kappa shape index (κ1) is 19.7. The Labute approximate surface area is 152 Å². The van der Waals surface area contributed by atoms with E-state index >= 15 is 0 Å². The smallest absolute Gasteiger partial charge is 0.407 e. The summed E-state index contributed by atoms with van der Waals surface area (Å²) in [5.74, 6) is -0.812. The zero-order valence-electron chi connectivity index (χ0n) is 14.8. The number of rotatable bonds is 6. The zero-order chi connectivity index (χ0) is 18.8. The van der Waals surface area contributed by atoms with Crippen LogP contribution in [0, 0.1) is 5.92 Å². The molecule has 0 radical (unpaired) electrons. The van der Waals surface area contributed by atoms with Crippen molar-refractivity contribution < 1.29 is 23.9 Å². The Balaban J connectivity index is 1.63. The van der Waals surface area contributed by atoms with E-state index in [0.29, 0.717) is 25.7 Å². The van der Waals surface area contributed by atoms with E-state index in [0.717, 1.165) is 5.56 Å². The van der Waals surface area contributed by atoms with Crippen LogP contribution in [-0.2, 0) is 25.7 Å². The third-order valence-electron chi connectivity index (χ3n) is 4.23. The van der Waals surface area contributed by atoms with Gasteiger partial charge in [0.1, 0.15) is 13.2 Å². The summed E-state index contributed by atoms with van der Waals surface area (Å²) in [5.41, 5.74) is 5.63. The largest absolute Gasteiger partial charge is 0.445 e. The summed E-state index contributed by atoms with van der Waals surface area (Å²) in [7, 11) is 1.40. The Morgan fingerprint density at radius 1 is 1.04 bits per heavy atom. The molecular formula is C18H25N3O5. The quantitative estimate of drug-likeness (QED) is 0.660. The van der Waals surface area contributed by atoms with Crippen molar-refractivity contribution in [2.75, 3.05) is 13.7 Å². The summed E-state index contributed by atoms with van der Waals surface area (Å²) in [6.45, 7) is 0.119. The number of hydrogen-bond donors (Lipinski definition) is 3. The number of carbonyl (C=O) groups is 3. The van der Waals surface area contributed by atoms with Gasteiger partial charge in [0.05, 0.1) is 0 Å². The molecule has 1 aromatic carbocycles. The summed E-state index contributed by atoms with van der Waals surface area (Å²) < 4.78 is 9.87. The van der Waals surface area contributed by atoms with Gasteiger partial charge < -0.3 is 14.8 Å². The number of hydrogen-bond acceptors (Lipinski definition) is 5. The fraction of sp³-hybridized carbons (Fsp3) is 0.500. The molecule has 0 atom stereocenters. The van der Waals surface area contributed by atoms with E-state index < -0.39 is 12.0 Å². The minimum Gasteiger partial charge on any atom is -0.445 e. The maximum atomic E-state index is 12.0. The van der Waals surface area contributed by atoms with Crippen LogP contribution in [0.3, 0.4) is 0 Å². The first-order chi connectivity index (χ1) is 12.6. The van der Waals surface area contributed by atoms with Crippen molar-refractivity contribution in [3.63, 3.8) is 0 Å². The molecule has 142 valence electrons. The molecule has 1 saturated carbocycles. The van der Waals surface area contributed by atoms with E-state index in [9.17, 15) is 14.4 Å². The zero-order valence-corrected chi connectivity index (χ0v) is 14.8. The minimum atomic E-state index is -0.450. The van der Waals surface area contributed by atoms with Crippen LogP contribution in [-0.4, -0.2) is 37.7 Å². The molecule has 26 heavy (non-hydrogen) atoms. The highest BCUT2D eigenvalue weighted by molar-refractivity contribution is 5.83. The van der Waals surface area contributed by atoms with Crippen LogP contribution in [0.15, 0.2) is 30.3 Å². The third-order valence-corrected chi connectivity index (χ3v) is 4.23. The fourth-order valence-corrected chi connectivity index (χ4v) is 2.83. The van der Waals surface area contributed by atoms with Gasteiger partial charge in [-0.15, -0.1) is 0 Å². The van der Waals surface area contributed by atoms with Crippen LogP contribution >= 0.6 is 0 Å². The standard InChI is InChI=1S/C18H25N3O5/c1-25-12-16(22)20-21-17(23)14-7-9-15(10-8-14)19-18(24)26-11-13-5-3-2-4-6-13/h2-6,14-15H,7-12H2,1H3,(H,19,24)(H,20,22)(H,21,23)/t14-,15-. The van der Waals surface area contributed by atoms with Crippen molar-refractivity contribution in [2.45, 2.75) is 38.3 Å². The van der Waals surface area contributed by atoms with Gasteiger partial charge in [-0.2, -0.15) is 0 Å². The lowest BCUT2D eigenvalue weighted by molar-refractivity contribution is -0.133. The molecule has 3 amide bonds. The molecule has 3 N–H and O–H groups in total. The average Bonchev–Trinajstić information content (AvgIpc) is 2.66. The maximum absolute atomic E-state index is 12.0. The van der Waals surface area contributed by atoms with Crippen molar-refractivity contribution in [3.8, 4) is 0 Å². The Kier molecular flexibility index (Phi) is 7.88. The molecule has 0 spiro atoms. The van der Waals surface area contributed by atoms with Crippen molar-refractivity contribution >= 4 is 17.9 Å². The Bertz CT molecular complexity index is 600. The van der Waals surface area contributed by atoms with Crippen LogP contribution in [0.5, 0.6) is 0 Å². The normalized spacial score (nSPS) is 19.3. The number of alkyl carbamates (subject to hydrolysis) is 1. The first-order valence-electron chi connectivity index (χ1n) is 8.63. The lowest BCUT2D eigenvalue weighted by Crippen LogP contribution is -2.47. The highest BCUT2D eigenvalue weighted by Crippen LogP contribution is 2.24. The van der Waals surface area contributed by atoms with Crippen molar-refractivity contribution in [3.05, 3.63) is 35.9 Å². The molecule has 0 unspecified atom stereocenters. The van der Waals surface area contributed by atoms with E-state index in [-0.39, 0.29) is 31.1 Å². The lowest BCUT2D eigenvalue weighted by atomic mass is 9.85. The van der Waals surface area contributed by atoms with E-state index in [4.69, 9.17) is 4.74 Å². The second kappa shape index (κ2) is 10.4. The second-order valence-electron chi connectivity index (χ2n) is 6.23. The van der Waals surface area contributed by atoms with E-state index in [1.165, 1.54) is 7.11 Å². The van der Waals surface area contributed by atoms with E-state index in [2.05, 4.69) is 20.9 Å². The highest BCUT2D eigenvalue weighted by Gasteiger charge is 2.27. The first-order valence-corrected chi connectivity index (χ1v) is 8.63. The Morgan fingerprint density at radius 2 is 1.73 bits per heavy atom. The SMILES string of the molecule is COCC(=O)NNC(=O)[C@H]1CC[C@H](NC(=O)OCc2ccccc2)CC1. The predicted octanol–water partition coefficient (Wildman–Crippen LogP) is 1.27. The molecule has 0 aliphatic heterocycles. The van der Waals surface area contributed by atoms with Gasteiger partial charge in [-0.3, -0.25) is 20.4 Å². The molecule has 1 aliphatic carbocycles. The number of ether oxygens (including phenoxy) is 2. The molecule has 8 nitrogen and oxygen atoms in total. The van der Waals surface area contributed by atoms with Gasteiger partial charge in [-0.25, -0.2) is 4.79 Å². The Hall–Kier alpha value is -2.61. The van der Waals surface area contributed by atoms with Crippen molar-refractivity contribution in [1.82, 2.24) is 16.2 Å². The predicted molar refractivity (Wildman–Crippen MR) is 93.7 cm³/mol. The van der Waals surface area contributed by atoms with Crippen LogP contribution in [0.4, 0.5) is 4.79 Å². The number of carbonyl (C=O) groups excluding carboxylic acids is 3. The molecule has 0 bridgehead atoms. The fourth-order valence-electron chi connectivity index (χ4n) is 2.83. The summed E-state index contributed by atoms with van der Waals surface area (Å²) in [6.07, 6.45) is 2.19. The summed E-state index contributed by atoms with van der Waals surface area (Å²) in [6, 6.07) is 9.46. The molecule has 0 saturated heterocycles. The topological polar surface area (TPSA) is 106 Å². The van der Waals surface area contributed by atoms with Crippen molar-refractivity contribution in [1.29, 1.82) is 0 Å². The van der Waals surface area contributed by atoms with E-state index in [1.807, 2.05) is 30.3 Å². The number of nitrogens with one attached hydrogen (secondary N) is 3. The van der Waals surface area contributed by atoms with Gasteiger partial charge in [-0.05, 0) is 31.2 Å². The molecule has 0 aromatic heterocycles. The van der Waals surface area contributed by atoms with Crippen LogP contribution < -0.4 is 16.2 Å².